The lowest BCUT2D eigenvalue weighted by atomic mass is 10.0. The fraction of sp³-hybridized carbons (Fsp3) is 0.300. The van der Waals surface area contributed by atoms with Crippen molar-refractivity contribution in [1.29, 1.82) is 0 Å². The van der Waals surface area contributed by atoms with E-state index in [0.29, 0.717) is 24.2 Å². The Hall–Kier alpha value is -3.06. The van der Waals surface area contributed by atoms with Gasteiger partial charge in [0.05, 0.1) is 17.2 Å². The second kappa shape index (κ2) is 7.28. The molecule has 0 bridgehead atoms. The number of fused-ring (bicyclic) bond motifs is 1. The van der Waals surface area contributed by atoms with Crippen LogP contribution in [-0.4, -0.2) is 58.7 Å². The van der Waals surface area contributed by atoms with E-state index >= 15 is 0 Å². The summed E-state index contributed by atoms with van der Waals surface area (Å²) in [6.07, 6.45) is 3.58. The molecular weight excluding hydrogens is 344 g/mol. The molecule has 138 valence electrons. The van der Waals surface area contributed by atoms with E-state index in [1.54, 1.807) is 36.7 Å². The monoisotopic (exact) mass is 364 g/mol. The highest BCUT2D eigenvalue weighted by Gasteiger charge is 2.36. The first-order valence-corrected chi connectivity index (χ1v) is 9.02. The van der Waals surface area contributed by atoms with Crippen molar-refractivity contribution in [2.75, 3.05) is 26.2 Å². The van der Waals surface area contributed by atoms with Gasteiger partial charge in [0.2, 0.25) is 5.91 Å². The van der Waals surface area contributed by atoms with Crippen LogP contribution in [0.2, 0.25) is 0 Å². The van der Waals surface area contributed by atoms with Crippen LogP contribution in [0.15, 0.2) is 48.8 Å². The molecule has 1 unspecified atom stereocenters. The van der Waals surface area contributed by atoms with Crippen LogP contribution < -0.4 is 5.32 Å². The second-order valence-electron chi connectivity index (χ2n) is 6.65. The van der Waals surface area contributed by atoms with Crippen LogP contribution in [-0.2, 0) is 4.79 Å². The van der Waals surface area contributed by atoms with E-state index in [-0.39, 0.29) is 36.7 Å². The minimum Gasteiger partial charge on any atom is -0.333 e. The van der Waals surface area contributed by atoms with Crippen LogP contribution in [0, 0.1) is 0 Å². The largest absolute Gasteiger partial charge is 0.333 e. The molecule has 1 aromatic heterocycles. The highest BCUT2D eigenvalue weighted by molar-refractivity contribution is 6.21. The van der Waals surface area contributed by atoms with Gasteiger partial charge in [0.25, 0.3) is 11.8 Å². The third kappa shape index (κ3) is 3.21. The van der Waals surface area contributed by atoms with Crippen molar-refractivity contribution in [1.82, 2.24) is 20.1 Å². The summed E-state index contributed by atoms with van der Waals surface area (Å²) in [6, 6.07) is 10.5. The average molecular weight is 364 g/mol. The van der Waals surface area contributed by atoms with Gasteiger partial charge in [0.15, 0.2) is 0 Å². The fourth-order valence-corrected chi connectivity index (χ4v) is 3.67. The number of nitrogens with one attached hydrogen (secondary N) is 1. The topological polar surface area (TPSA) is 82.6 Å². The predicted molar refractivity (Wildman–Crippen MR) is 98.0 cm³/mol. The molecular formula is C20H20N4O3. The standard InChI is InChI=1S/C20H20N4O3/c25-18(23-11-9-22-13-17(23)14-4-3-8-21-12-14)7-10-24-19(26)15-5-1-2-6-16(15)20(24)27/h1-6,8,12,17,22H,7,9-11,13H2. The number of rotatable bonds is 4. The quantitative estimate of drug-likeness (QED) is 0.826. The molecule has 3 heterocycles. The number of pyridine rings is 1. The van der Waals surface area contributed by atoms with E-state index in [0.717, 1.165) is 12.1 Å². The van der Waals surface area contributed by atoms with Crippen LogP contribution in [0.5, 0.6) is 0 Å². The third-order valence-corrected chi connectivity index (χ3v) is 5.06. The molecule has 3 amide bonds. The van der Waals surface area contributed by atoms with E-state index in [4.69, 9.17) is 0 Å². The van der Waals surface area contributed by atoms with Crippen molar-refractivity contribution in [3.8, 4) is 0 Å². The Bertz CT molecular complexity index is 849. The zero-order valence-corrected chi connectivity index (χ0v) is 14.8. The molecule has 1 saturated heterocycles. The molecule has 1 atom stereocenters. The van der Waals surface area contributed by atoms with Gasteiger partial charge in [-0.05, 0) is 23.8 Å². The highest BCUT2D eigenvalue weighted by Crippen LogP contribution is 2.25. The number of piperazine rings is 1. The summed E-state index contributed by atoms with van der Waals surface area (Å²) in [4.78, 5) is 44.9. The molecule has 1 fully saturated rings. The predicted octanol–water partition coefficient (Wildman–Crippen LogP) is 1.24. The Balaban J connectivity index is 1.45. The SMILES string of the molecule is O=C1c2ccccc2C(=O)N1CCC(=O)N1CCNCC1c1cccnc1. The lowest BCUT2D eigenvalue weighted by Gasteiger charge is -2.36. The summed E-state index contributed by atoms with van der Waals surface area (Å²) in [5, 5.41) is 3.30. The van der Waals surface area contributed by atoms with Gasteiger partial charge in [0.1, 0.15) is 0 Å². The van der Waals surface area contributed by atoms with Crippen LogP contribution in [0.3, 0.4) is 0 Å². The number of amides is 3. The molecule has 7 nitrogen and oxygen atoms in total. The number of benzene rings is 1. The Kier molecular flexibility index (Phi) is 4.68. The van der Waals surface area contributed by atoms with Gasteiger partial charge in [-0.25, -0.2) is 0 Å². The molecule has 0 aliphatic carbocycles. The van der Waals surface area contributed by atoms with Crippen molar-refractivity contribution in [3.05, 3.63) is 65.5 Å². The van der Waals surface area contributed by atoms with Crippen LogP contribution in [0.1, 0.15) is 38.7 Å². The molecule has 0 spiro atoms. The van der Waals surface area contributed by atoms with Crippen molar-refractivity contribution in [2.24, 2.45) is 0 Å². The Morgan fingerprint density at radius 2 is 1.85 bits per heavy atom. The molecule has 7 heteroatoms. The zero-order chi connectivity index (χ0) is 18.8. The van der Waals surface area contributed by atoms with E-state index < -0.39 is 0 Å². The maximum atomic E-state index is 12.9. The average Bonchev–Trinajstić information content (AvgIpc) is 2.97. The Labute approximate surface area is 157 Å². The minimum absolute atomic E-state index is 0.0677. The minimum atomic E-state index is -0.326. The van der Waals surface area contributed by atoms with Crippen molar-refractivity contribution >= 4 is 17.7 Å². The van der Waals surface area contributed by atoms with Crippen LogP contribution in [0.25, 0.3) is 0 Å². The summed E-state index contributed by atoms with van der Waals surface area (Å²) in [7, 11) is 0. The van der Waals surface area contributed by atoms with Gasteiger partial charge in [-0.1, -0.05) is 18.2 Å². The summed E-state index contributed by atoms with van der Waals surface area (Å²) in [5.74, 6) is -0.720. The Morgan fingerprint density at radius 1 is 1.11 bits per heavy atom. The number of aromatic nitrogens is 1. The van der Waals surface area contributed by atoms with E-state index in [1.807, 2.05) is 17.0 Å². The second-order valence-corrected chi connectivity index (χ2v) is 6.65. The summed E-state index contributed by atoms with van der Waals surface area (Å²) >= 11 is 0. The van der Waals surface area contributed by atoms with E-state index in [2.05, 4.69) is 10.3 Å². The molecule has 1 aromatic carbocycles. The first-order chi connectivity index (χ1) is 13.2. The van der Waals surface area contributed by atoms with Gasteiger partial charge >= 0.3 is 0 Å². The number of hydrogen-bond donors (Lipinski definition) is 1. The normalized spacial score (nSPS) is 19.3. The summed E-state index contributed by atoms with van der Waals surface area (Å²) in [6.45, 7) is 2.05. The van der Waals surface area contributed by atoms with Gasteiger partial charge in [-0.2, -0.15) is 0 Å². The molecule has 0 radical (unpaired) electrons. The highest BCUT2D eigenvalue weighted by atomic mass is 16.2. The molecule has 2 aliphatic rings. The zero-order valence-electron chi connectivity index (χ0n) is 14.8. The molecule has 27 heavy (non-hydrogen) atoms. The lowest BCUT2D eigenvalue weighted by molar-refractivity contribution is -0.134. The smallest absolute Gasteiger partial charge is 0.261 e. The third-order valence-electron chi connectivity index (χ3n) is 5.06. The molecule has 4 rings (SSSR count). The molecule has 1 N–H and O–H groups in total. The molecule has 2 aromatic rings. The van der Waals surface area contributed by atoms with Gasteiger partial charge < -0.3 is 10.2 Å². The number of carbonyl (C=O) groups excluding carboxylic acids is 3. The van der Waals surface area contributed by atoms with Gasteiger partial charge in [-0.3, -0.25) is 24.3 Å². The van der Waals surface area contributed by atoms with Crippen LogP contribution in [0.4, 0.5) is 0 Å². The lowest BCUT2D eigenvalue weighted by Crippen LogP contribution is -2.49. The maximum absolute atomic E-state index is 12.9. The Morgan fingerprint density at radius 3 is 2.52 bits per heavy atom. The van der Waals surface area contributed by atoms with Crippen molar-refractivity contribution < 1.29 is 14.4 Å². The van der Waals surface area contributed by atoms with E-state index in [1.165, 1.54) is 4.90 Å². The van der Waals surface area contributed by atoms with Crippen molar-refractivity contribution in [3.63, 3.8) is 0 Å². The summed E-state index contributed by atoms with van der Waals surface area (Å²) in [5.41, 5.74) is 1.79. The van der Waals surface area contributed by atoms with Gasteiger partial charge in [-0.15, -0.1) is 0 Å². The van der Waals surface area contributed by atoms with Gasteiger partial charge in [0, 0.05) is 45.0 Å². The number of carbonyl (C=O) groups is 3. The van der Waals surface area contributed by atoms with Crippen LogP contribution >= 0.6 is 0 Å². The molecule has 0 saturated carbocycles. The number of imide groups is 1. The van der Waals surface area contributed by atoms with E-state index in [9.17, 15) is 14.4 Å². The summed E-state index contributed by atoms with van der Waals surface area (Å²) < 4.78 is 0. The first kappa shape index (κ1) is 17.4. The number of hydrogen-bond acceptors (Lipinski definition) is 5. The molecule has 2 aliphatic heterocycles. The van der Waals surface area contributed by atoms with Crippen molar-refractivity contribution in [2.45, 2.75) is 12.5 Å². The maximum Gasteiger partial charge on any atom is 0.261 e. The fourth-order valence-electron chi connectivity index (χ4n) is 3.67. The first-order valence-electron chi connectivity index (χ1n) is 9.02. The number of nitrogens with zero attached hydrogens (tertiary/aromatic N) is 3.